The van der Waals surface area contributed by atoms with E-state index in [0.29, 0.717) is 49.6 Å². The van der Waals surface area contributed by atoms with Crippen LogP contribution in [0.25, 0.3) is 0 Å². The summed E-state index contributed by atoms with van der Waals surface area (Å²) >= 11 is 0. The van der Waals surface area contributed by atoms with Gasteiger partial charge in [0.1, 0.15) is 0 Å². The Balaban J connectivity index is 0.000000383. The molecule has 0 unspecified atom stereocenters. The first-order valence-electron chi connectivity index (χ1n) is 10.3. The SMILES string of the molecule is Cc1cc(C(=O)N2C[C@H]3[C@@H](CCOCc4ccncc4)CO[C@H]3C2)on1.O=C(O)C(F)(F)F. The zero-order valence-electron chi connectivity index (χ0n) is 17.8. The van der Waals surface area contributed by atoms with Gasteiger partial charge in [0.25, 0.3) is 5.91 Å². The Labute approximate surface area is 187 Å². The molecular weight excluding hydrogens is 447 g/mol. The van der Waals surface area contributed by atoms with Gasteiger partial charge in [-0.15, -0.1) is 0 Å². The molecule has 2 aromatic heterocycles. The summed E-state index contributed by atoms with van der Waals surface area (Å²) < 4.78 is 48.6. The minimum atomic E-state index is -5.08. The number of alkyl halides is 3. The van der Waals surface area contributed by atoms with Crippen molar-refractivity contribution in [2.75, 3.05) is 26.3 Å². The quantitative estimate of drug-likeness (QED) is 0.640. The average Bonchev–Trinajstić information content (AvgIpc) is 3.48. The van der Waals surface area contributed by atoms with Crippen LogP contribution >= 0.6 is 0 Å². The molecule has 0 radical (unpaired) electrons. The Morgan fingerprint density at radius 1 is 1.27 bits per heavy atom. The summed E-state index contributed by atoms with van der Waals surface area (Å²) in [6, 6.07) is 5.60. The van der Waals surface area contributed by atoms with E-state index in [4.69, 9.17) is 23.9 Å². The van der Waals surface area contributed by atoms with E-state index in [2.05, 4.69) is 10.1 Å². The largest absolute Gasteiger partial charge is 0.490 e. The molecular formula is C21H24F3N3O6. The maximum atomic E-state index is 12.5. The highest BCUT2D eigenvalue weighted by molar-refractivity contribution is 5.91. The molecule has 4 rings (SSSR count). The van der Waals surface area contributed by atoms with Crippen molar-refractivity contribution in [1.82, 2.24) is 15.0 Å². The number of nitrogens with zero attached hydrogens (tertiary/aromatic N) is 3. The van der Waals surface area contributed by atoms with Crippen molar-refractivity contribution in [2.45, 2.75) is 32.2 Å². The highest BCUT2D eigenvalue weighted by atomic mass is 19.4. The van der Waals surface area contributed by atoms with Gasteiger partial charge in [0.05, 0.1) is 25.0 Å². The van der Waals surface area contributed by atoms with Crippen LogP contribution < -0.4 is 0 Å². The molecule has 0 bridgehead atoms. The summed E-state index contributed by atoms with van der Waals surface area (Å²) in [5, 5.41) is 10.9. The number of halogens is 3. The standard InChI is InChI=1S/C19H23N3O4.C2HF3O2/c1-13-8-17(26-21-13)19(23)22-9-16-15(12-25-18(16)10-22)4-7-24-11-14-2-5-20-6-3-14;3-2(4,5)1(6)7/h2-3,5-6,8,15-16,18H,4,7,9-12H2,1H3;(H,6,7)/t15-,16-,18-;/m0./s1. The first kappa shape index (κ1) is 24.6. The molecule has 2 aromatic rings. The van der Waals surface area contributed by atoms with Crippen LogP contribution in [0, 0.1) is 18.8 Å². The number of carbonyl (C=O) groups is 2. The zero-order valence-corrected chi connectivity index (χ0v) is 17.8. The third-order valence-corrected chi connectivity index (χ3v) is 5.46. The van der Waals surface area contributed by atoms with E-state index in [1.165, 1.54) is 0 Å². The number of likely N-dealkylation sites (tertiary alicyclic amines) is 1. The summed E-state index contributed by atoms with van der Waals surface area (Å²) in [6.07, 6.45) is -0.480. The lowest BCUT2D eigenvalue weighted by atomic mass is 9.91. The van der Waals surface area contributed by atoms with Gasteiger partial charge >= 0.3 is 12.1 Å². The van der Waals surface area contributed by atoms with Crippen LogP contribution in [0.5, 0.6) is 0 Å². The Bertz CT molecular complexity index is 937. The number of aliphatic carboxylic acids is 1. The van der Waals surface area contributed by atoms with Gasteiger partial charge in [-0.2, -0.15) is 13.2 Å². The molecule has 12 heteroatoms. The fourth-order valence-electron chi connectivity index (χ4n) is 3.79. The van der Waals surface area contributed by atoms with Crippen molar-refractivity contribution in [3.8, 4) is 0 Å². The number of aryl methyl sites for hydroxylation is 1. The van der Waals surface area contributed by atoms with Crippen LogP contribution in [0.2, 0.25) is 0 Å². The number of carboxylic acids is 1. The van der Waals surface area contributed by atoms with E-state index in [1.54, 1.807) is 18.5 Å². The Morgan fingerprint density at radius 2 is 1.97 bits per heavy atom. The number of fused-ring (bicyclic) bond motifs is 1. The van der Waals surface area contributed by atoms with Crippen LogP contribution in [0.15, 0.2) is 35.1 Å². The predicted molar refractivity (Wildman–Crippen MR) is 106 cm³/mol. The topological polar surface area (TPSA) is 115 Å². The third-order valence-electron chi connectivity index (χ3n) is 5.46. The summed E-state index contributed by atoms with van der Waals surface area (Å²) in [5.41, 5.74) is 1.84. The van der Waals surface area contributed by atoms with Gasteiger partial charge in [-0.3, -0.25) is 9.78 Å². The number of hydrogen-bond acceptors (Lipinski definition) is 7. The molecule has 1 N–H and O–H groups in total. The number of ether oxygens (including phenoxy) is 2. The van der Waals surface area contributed by atoms with Crippen molar-refractivity contribution in [3.63, 3.8) is 0 Å². The normalized spacial score (nSPS) is 21.9. The molecule has 33 heavy (non-hydrogen) atoms. The van der Waals surface area contributed by atoms with Gasteiger partial charge in [0.15, 0.2) is 0 Å². The predicted octanol–water partition coefficient (Wildman–Crippen LogP) is 2.71. The summed E-state index contributed by atoms with van der Waals surface area (Å²) in [7, 11) is 0. The monoisotopic (exact) mass is 471 g/mol. The minimum Gasteiger partial charge on any atom is -0.475 e. The molecule has 4 heterocycles. The fraction of sp³-hybridized carbons (Fsp3) is 0.524. The van der Waals surface area contributed by atoms with Crippen LogP contribution in [-0.2, 0) is 20.9 Å². The van der Waals surface area contributed by atoms with E-state index in [9.17, 15) is 18.0 Å². The van der Waals surface area contributed by atoms with Gasteiger partial charge in [-0.1, -0.05) is 5.16 Å². The second kappa shape index (κ2) is 10.8. The molecule has 3 atom stereocenters. The smallest absolute Gasteiger partial charge is 0.475 e. The molecule has 2 saturated heterocycles. The van der Waals surface area contributed by atoms with E-state index in [-0.39, 0.29) is 12.0 Å². The summed E-state index contributed by atoms with van der Waals surface area (Å²) in [5.74, 6) is -1.76. The van der Waals surface area contributed by atoms with Crippen molar-refractivity contribution < 1.29 is 41.9 Å². The zero-order chi connectivity index (χ0) is 24.0. The molecule has 2 aliphatic rings. The molecule has 0 spiro atoms. The maximum absolute atomic E-state index is 12.5. The van der Waals surface area contributed by atoms with Gasteiger partial charge < -0.3 is 24.0 Å². The molecule has 180 valence electrons. The van der Waals surface area contributed by atoms with E-state index >= 15 is 0 Å². The number of carbonyl (C=O) groups excluding carboxylic acids is 1. The lowest BCUT2D eigenvalue weighted by Gasteiger charge is -2.18. The fourth-order valence-corrected chi connectivity index (χ4v) is 3.79. The number of carboxylic acid groups (broad SMARTS) is 1. The molecule has 9 nitrogen and oxygen atoms in total. The van der Waals surface area contributed by atoms with E-state index in [0.717, 1.165) is 18.6 Å². The van der Waals surface area contributed by atoms with Crippen LogP contribution in [-0.4, -0.2) is 70.6 Å². The highest BCUT2D eigenvalue weighted by Gasteiger charge is 2.45. The van der Waals surface area contributed by atoms with Crippen molar-refractivity contribution in [1.29, 1.82) is 0 Å². The van der Waals surface area contributed by atoms with Crippen molar-refractivity contribution in [3.05, 3.63) is 47.6 Å². The molecule has 2 aliphatic heterocycles. The summed E-state index contributed by atoms with van der Waals surface area (Å²) in [4.78, 5) is 27.2. The first-order valence-corrected chi connectivity index (χ1v) is 10.3. The van der Waals surface area contributed by atoms with E-state index in [1.807, 2.05) is 24.0 Å². The Morgan fingerprint density at radius 3 is 2.58 bits per heavy atom. The number of pyridine rings is 1. The number of amides is 1. The van der Waals surface area contributed by atoms with Crippen molar-refractivity contribution >= 4 is 11.9 Å². The molecule has 1 amide bonds. The summed E-state index contributed by atoms with van der Waals surface area (Å²) in [6.45, 7) is 5.17. The number of hydrogen-bond donors (Lipinski definition) is 1. The van der Waals surface area contributed by atoms with Crippen LogP contribution in [0.1, 0.15) is 28.2 Å². The van der Waals surface area contributed by atoms with E-state index < -0.39 is 12.1 Å². The molecule has 0 aromatic carbocycles. The Kier molecular flexibility index (Phi) is 8.03. The highest BCUT2D eigenvalue weighted by Crippen LogP contribution is 2.36. The minimum absolute atomic E-state index is 0.101. The Hall–Kier alpha value is -2.99. The average molecular weight is 471 g/mol. The van der Waals surface area contributed by atoms with Crippen LogP contribution in [0.4, 0.5) is 13.2 Å². The first-order chi connectivity index (χ1) is 15.6. The molecule has 0 saturated carbocycles. The lowest BCUT2D eigenvalue weighted by molar-refractivity contribution is -0.192. The maximum Gasteiger partial charge on any atom is 0.490 e. The molecule has 0 aliphatic carbocycles. The third kappa shape index (κ3) is 6.75. The second-order valence-electron chi connectivity index (χ2n) is 7.84. The molecule has 2 fully saturated rings. The number of rotatable bonds is 6. The van der Waals surface area contributed by atoms with Gasteiger partial charge in [-0.25, -0.2) is 4.79 Å². The lowest BCUT2D eigenvalue weighted by Crippen LogP contribution is -2.31. The van der Waals surface area contributed by atoms with Gasteiger partial charge in [-0.05, 0) is 37.0 Å². The van der Waals surface area contributed by atoms with Crippen LogP contribution in [0.3, 0.4) is 0 Å². The van der Waals surface area contributed by atoms with Gasteiger partial charge in [0, 0.05) is 44.1 Å². The van der Waals surface area contributed by atoms with Gasteiger partial charge in [0.2, 0.25) is 5.76 Å². The second-order valence-corrected chi connectivity index (χ2v) is 7.84. The number of aromatic nitrogens is 2. The van der Waals surface area contributed by atoms with Crippen molar-refractivity contribution in [2.24, 2.45) is 11.8 Å².